The van der Waals surface area contributed by atoms with Gasteiger partial charge in [0, 0.05) is 10.9 Å². The third-order valence-corrected chi connectivity index (χ3v) is 2.69. The number of hydrogen-bond acceptors (Lipinski definition) is 3. The highest BCUT2D eigenvalue weighted by molar-refractivity contribution is 7.08. The van der Waals surface area contributed by atoms with Crippen LogP contribution < -0.4 is 5.32 Å². The smallest absolute Gasteiger partial charge is 0.120 e. The van der Waals surface area contributed by atoms with Crippen molar-refractivity contribution in [3.8, 4) is 11.3 Å². The molecule has 0 atom stereocenters. The fourth-order valence-electron chi connectivity index (χ4n) is 1.26. The van der Waals surface area contributed by atoms with Gasteiger partial charge in [-0.2, -0.15) is 11.3 Å². The highest BCUT2D eigenvalue weighted by Gasteiger charge is 2.02. The first-order chi connectivity index (χ1) is 6.90. The first-order valence-electron chi connectivity index (χ1n) is 4.67. The summed E-state index contributed by atoms with van der Waals surface area (Å²) in [5, 5.41) is 7.42. The number of nitrogens with zero attached hydrogens (tertiary/aromatic N) is 1. The molecule has 0 aromatic carbocycles. The van der Waals surface area contributed by atoms with Gasteiger partial charge in [-0.25, -0.2) is 4.98 Å². The zero-order valence-electron chi connectivity index (χ0n) is 8.08. The molecule has 0 amide bonds. The molecule has 2 rings (SSSR count). The standard InChI is InChI=1S/C10H13N3S/c1-2-11-6-10-12-5-9(13-10)8-3-4-14-7-8/h3-5,7,11H,2,6H2,1H3,(H,12,13). The van der Waals surface area contributed by atoms with E-state index in [4.69, 9.17) is 0 Å². The lowest BCUT2D eigenvalue weighted by molar-refractivity contribution is 0.698. The normalized spacial score (nSPS) is 10.6. The van der Waals surface area contributed by atoms with Crippen LogP contribution in [0.4, 0.5) is 0 Å². The Balaban J connectivity index is 2.10. The van der Waals surface area contributed by atoms with E-state index in [0.29, 0.717) is 0 Å². The maximum atomic E-state index is 4.30. The van der Waals surface area contributed by atoms with Gasteiger partial charge in [0.05, 0.1) is 18.4 Å². The Morgan fingerprint density at radius 2 is 2.50 bits per heavy atom. The molecule has 3 nitrogen and oxygen atoms in total. The van der Waals surface area contributed by atoms with E-state index < -0.39 is 0 Å². The summed E-state index contributed by atoms with van der Waals surface area (Å²) >= 11 is 1.70. The summed E-state index contributed by atoms with van der Waals surface area (Å²) in [5.41, 5.74) is 2.31. The second kappa shape index (κ2) is 4.39. The molecule has 14 heavy (non-hydrogen) atoms. The summed E-state index contributed by atoms with van der Waals surface area (Å²) < 4.78 is 0. The van der Waals surface area contributed by atoms with Gasteiger partial charge in [-0.05, 0) is 18.0 Å². The van der Waals surface area contributed by atoms with Crippen LogP contribution in [0.5, 0.6) is 0 Å². The van der Waals surface area contributed by atoms with E-state index in [1.807, 2.05) is 6.20 Å². The SMILES string of the molecule is CCNCc1ncc(-c2ccsc2)[nH]1. The largest absolute Gasteiger partial charge is 0.341 e. The quantitative estimate of drug-likeness (QED) is 0.807. The molecule has 2 aromatic rings. The maximum Gasteiger partial charge on any atom is 0.120 e. The minimum Gasteiger partial charge on any atom is -0.341 e. The van der Waals surface area contributed by atoms with Crippen LogP contribution in [0.15, 0.2) is 23.0 Å². The molecule has 0 saturated carbocycles. The van der Waals surface area contributed by atoms with Crippen LogP contribution in [-0.2, 0) is 6.54 Å². The highest BCUT2D eigenvalue weighted by atomic mass is 32.1. The summed E-state index contributed by atoms with van der Waals surface area (Å²) in [4.78, 5) is 7.58. The van der Waals surface area contributed by atoms with E-state index in [9.17, 15) is 0 Å². The van der Waals surface area contributed by atoms with Crippen molar-refractivity contribution in [2.24, 2.45) is 0 Å². The van der Waals surface area contributed by atoms with E-state index in [0.717, 1.165) is 24.6 Å². The molecule has 0 saturated heterocycles. The number of imidazole rings is 1. The van der Waals surface area contributed by atoms with E-state index in [2.05, 4.69) is 39.0 Å². The van der Waals surface area contributed by atoms with Crippen molar-refractivity contribution in [1.29, 1.82) is 0 Å². The first kappa shape index (κ1) is 9.43. The van der Waals surface area contributed by atoms with Crippen LogP contribution in [-0.4, -0.2) is 16.5 Å². The van der Waals surface area contributed by atoms with E-state index >= 15 is 0 Å². The number of hydrogen-bond donors (Lipinski definition) is 2. The number of nitrogens with one attached hydrogen (secondary N) is 2. The lowest BCUT2D eigenvalue weighted by atomic mass is 10.3. The lowest BCUT2D eigenvalue weighted by Crippen LogP contribution is -2.12. The second-order valence-electron chi connectivity index (χ2n) is 3.04. The molecule has 2 aromatic heterocycles. The number of H-pyrrole nitrogens is 1. The highest BCUT2D eigenvalue weighted by Crippen LogP contribution is 2.19. The van der Waals surface area contributed by atoms with Crippen LogP contribution in [0.25, 0.3) is 11.3 Å². The van der Waals surface area contributed by atoms with Gasteiger partial charge in [-0.15, -0.1) is 0 Å². The van der Waals surface area contributed by atoms with E-state index in [1.165, 1.54) is 5.56 Å². The third kappa shape index (κ3) is 2.02. The summed E-state index contributed by atoms with van der Waals surface area (Å²) in [6.07, 6.45) is 1.88. The first-order valence-corrected chi connectivity index (χ1v) is 5.61. The average Bonchev–Trinajstić information content (AvgIpc) is 2.85. The van der Waals surface area contributed by atoms with Gasteiger partial charge in [0.2, 0.25) is 0 Å². The fourth-order valence-corrected chi connectivity index (χ4v) is 1.92. The lowest BCUT2D eigenvalue weighted by Gasteiger charge is -1.96. The van der Waals surface area contributed by atoms with Gasteiger partial charge in [0.15, 0.2) is 0 Å². The summed E-state index contributed by atoms with van der Waals surface area (Å²) in [7, 11) is 0. The molecular formula is C10H13N3S. The molecule has 2 N–H and O–H groups in total. The van der Waals surface area contributed by atoms with Crippen LogP contribution in [0.1, 0.15) is 12.7 Å². The summed E-state index contributed by atoms with van der Waals surface area (Å²) in [5.74, 6) is 0.994. The van der Waals surface area contributed by atoms with Crippen molar-refractivity contribution < 1.29 is 0 Å². The molecular weight excluding hydrogens is 194 g/mol. The second-order valence-corrected chi connectivity index (χ2v) is 3.82. The molecule has 0 aliphatic heterocycles. The molecule has 0 fully saturated rings. The minimum atomic E-state index is 0.806. The van der Waals surface area contributed by atoms with Crippen LogP contribution in [0, 0.1) is 0 Å². The van der Waals surface area contributed by atoms with Gasteiger partial charge in [0.25, 0.3) is 0 Å². The molecule has 0 aliphatic carbocycles. The number of aromatic nitrogens is 2. The van der Waals surface area contributed by atoms with Gasteiger partial charge in [-0.1, -0.05) is 6.92 Å². The topological polar surface area (TPSA) is 40.7 Å². The molecule has 4 heteroatoms. The molecule has 0 unspecified atom stereocenters. The Morgan fingerprint density at radius 3 is 3.21 bits per heavy atom. The monoisotopic (exact) mass is 207 g/mol. The molecule has 2 heterocycles. The molecule has 0 radical (unpaired) electrons. The minimum absolute atomic E-state index is 0.806. The summed E-state index contributed by atoms with van der Waals surface area (Å²) in [6.45, 7) is 3.86. The Labute approximate surface area is 87.2 Å². The predicted molar refractivity (Wildman–Crippen MR) is 59.3 cm³/mol. The maximum absolute atomic E-state index is 4.30. The van der Waals surface area contributed by atoms with Crippen molar-refractivity contribution in [2.75, 3.05) is 6.54 Å². The van der Waals surface area contributed by atoms with Crippen LogP contribution >= 0.6 is 11.3 Å². The number of thiophene rings is 1. The molecule has 0 aliphatic rings. The molecule has 0 bridgehead atoms. The molecule has 74 valence electrons. The van der Waals surface area contributed by atoms with Gasteiger partial charge >= 0.3 is 0 Å². The van der Waals surface area contributed by atoms with E-state index in [-0.39, 0.29) is 0 Å². The molecule has 0 spiro atoms. The van der Waals surface area contributed by atoms with Crippen molar-refractivity contribution in [3.63, 3.8) is 0 Å². The van der Waals surface area contributed by atoms with Gasteiger partial charge < -0.3 is 10.3 Å². The Hall–Kier alpha value is -1.13. The summed E-state index contributed by atoms with van der Waals surface area (Å²) in [6, 6.07) is 2.09. The van der Waals surface area contributed by atoms with Gasteiger partial charge in [0.1, 0.15) is 5.82 Å². The fraction of sp³-hybridized carbons (Fsp3) is 0.300. The Bertz CT molecular complexity index is 378. The van der Waals surface area contributed by atoms with Gasteiger partial charge in [-0.3, -0.25) is 0 Å². The Morgan fingerprint density at radius 1 is 1.57 bits per heavy atom. The van der Waals surface area contributed by atoms with Crippen LogP contribution in [0.3, 0.4) is 0 Å². The number of aromatic amines is 1. The van der Waals surface area contributed by atoms with Crippen LogP contribution in [0.2, 0.25) is 0 Å². The van der Waals surface area contributed by atoms with Crippen molar-refractivity contribution in [3.05, 3.63) is 28.8 Å². The van der Waals surface area contributed by atoms with Crippen molar-refractivity contribution in [1.82, 2.24) is 15.3 Å². The predicted octanol–water partition coefficient (Wildman–Crippen LogP) is 2.25. The number of rotatable bonds is 4. The zero-order valence-corrected chi connectivity index (χ0v) is 8.90. The average molecular weight is 207 g/mol. The third-order valence-electron chi connectivity index (χ3n) is 2.00. The van der Waals surface area contributed by atoms with E-state index in [1.54, 1.807) is 11.3 Å². The Kier molecular flexibility index (Phi) is 2.96. The van der Waals surface area contributed by atoms with Crippen molar-refractivity contribution >= 4 is 11.3 Å². The zero-order chi connectivity index (χ0) is 9.80. The van der Waals surface area contributed by atoms with Crippen molar-refractivity contribution in [2.45, 2.75) is 13.5 Å².